The molecule has 0 atom stereocenters. The van der Waals surface area contributed by atoms with Gasteiger partial charge in [0.05, 0.1) is 0 Å². The highest BCUT2D eigenvalue weighted by Crippen LogP contribution is 2.11. The average molecular weight is 284 g/mol. The van der Waals surface area contributed by atoms with Crippen LogP contribution in [0.5, 0.6) is 0 Å². The van der Waals surface area contributed by atoms with Crippen molar-refractivity contribution in [2.45, 2.75) is 33.2 Å². The molecule has 0 fully saturated rings. The van der Waals surface area contributed by atoms with Crippen LogP contribution in [0.25, 0.3) is 0 Å². The van der Waals surface area contributed by atoms with Gasteiger partial charge in [0.25, 0.3) is 0 Å². The van der Waals surface area contributed by atoms with Gasteiger partial charge >= 0.3 is 6.03 Å². The Morgan fingerprint density at radius 1 is 1.35 bits per heavy atom. The lowest BCUT2D eigenvalue weighted by Gasteiger charge is -2.18. The van der Waals surface area contributed by atoms with E-state index < -0.39 is 11.6 Å². The predicted octanol–water partition coefficient (Wildman–Crippen LogP) is 3.54. The summed E-state index contributed by atoms with van der Waals surface area (Å²) in [5.74, 6) is -0.644. The Balaban J connectivity index is 2.41. The summed E-state index contributed by atoms with van der Waals surface area (Å²) in [5, 5.41) is 2.78. The van der Waals surface area contributed by atoms with Crippen LogP contribution in [0.4, 0.5) is 13.6 Å². The summed E-state index contributed by atoms with van der Waals surface area (Å²) < 4.78 is 26.3. The molecule has 0 spiro atoms. The molecule has 0 aliphatic carbocycles. The van der Waals surface area contributed by atoms with Gasteiger partial charge in [-0.05, 0) is 24.8 Å². The standard InChI is InChI=1S/C15H22F2N2O/c1-11(2)5-4-8-18-15(20)19(3)10-12-6-7-13(16)9-14(12)17/h6-7,9,11H,4-5,8,10H2,1-3H3,(H,18,20). The number of carbonyl (C=O) groups is 1. The Labute approximate surface area is 119 Å². The fraction of sp³-hybridized carbons (Fsp3) is 0.533. The van der Waals surface area contributed by atoms with Gasteiger partial charge in [-0.2, -0.15) is 0 Å². The molecule has 1 aromatic carbocycles. The number of carbonyl (C=O) groups excluding carboxylic acids is 1. The smallest absolute Gasteiger partial charge is 0.317 e. The van der Waals surface area contributed by atoms with Gasteiger partial charge in [0.15, 0.2) is 0 Å². The minimum absolute atomic E-state index is 0.113. The highest BCUT2D eigenvalue weighted by Gasteiger charge is 2.11. The molecule has 112 valence electrons. The average Bonchev–Trinajstić information content (AvgIpc) is 2.37. The molecule has 0 bridgehead atoms. The molecule has 5 heteroatoms. The lowest BCUT2D eigenvalue weighted by molar-refractivity contribution is 0.206. The van der Waals surface area contributed by atoms with E-state index in [9.17, 15) is 13.6 Å². The number of hydrogen-bond acceptors (Lipinski definition) is 1. The maximum absolute atomic E-state index is 13.5. The van der Waals surface area contributed by atoms with Crippen LogP contribution in [-0.4, -0.2) is 24.5 Å². The summed E-state index contributed by atoms with van der Waals surface area (Å²) in [6, 6.07) is 3.11. The summed E-state index contributed by atoms with van der Waals surface area (Å²) in [6.07, 6.45) is 1.97. The van der Waals surface area contributed by atoms with Gasteiger partial charge in [-0.25, -0.2) is 13.6 Å². The van der Waals surface area contributed by atoms with Gasteiger partial charge in [0.2, 0.25) is 0 Å². The van der Waals surface area contributed by atoms with E-state index in [0.717, 1.165) is 18.9 Å². The quantitative estimate of drug-likeness (QED) is 0.796. The predicted molar refractivity (Wildman–Crippen MR) is 75.3 cm³/mol. The van der Waals surface area contributed by atoms with E-state index in [0.29, 0.717) is 18.0 Å². The molecule has 0 saturated heterocycles. The van der Waals surface area contributed by atoms with E-state index >= 15 is 0 Å². The van der Waals surface area contributed by atoms with Crippen LogP contribution in [0.15, 0.2) is 18.2 Å². The lowest BCUT2D eigenvalue weighted by atomic mass is 10.1. The maximum atomic E-state index is 13.5. The fourth-order valence-electron chi connectivity index (χ4n) is 1.82. The largest absolute Gasteiger partial charge is 0.338 e. The normalized spacial score (nSPS) is 10.7. The number of halogens is 2. The van der Waals surface area contributed by atoms with E-state index in [-0.39, 0.29) is 12.6 Å². The molecular formula is C15H22F2N2O. The van der Waals surface area contributed by atoms with E-state index in [1.54, 1.807) is 7.05 Å². The molecule has 20 heavy (non-hydrogen) atoms. The maximum Gasteiger partial charge on any atom is 0.317 e. The van der Waals surface area contributed by atoms with Crippen LogP contribution in [-0.2, 0) is 6.54 Å². The van der Waals surface area contributed by atoms with Gasteiger partial charge < -0.3 is 10.2 Å². The van der Waals surface area contributed by atoms with Crippen molar-refractivity contribution in [3.05, 3.63) is 35.4 Å². The first-order valence-corrected chi connectivity index (χ1v) is 6.83. The zero-order valence-corrected chi connectivity index (χ0v) is 12.2. The highest BCUT2D eigenvalue weighted by molar-refractivity contribution is 5.73. The topological polar surface area (TPSA) is 32.3 Å². The third-order valence-corrected chi connectivity index (χ3v) is 3.00. The molecule has 0 saturated carbocycles. The summed E-state index contributed by atoms with van der Waals surface area (Å²) in [6.45, 7) is 4.98. The van der Waals surface area contributed by atoms with Crippen LogP contribution < -0.4 is 5.32 Å². The van der Waals surface area contributed by atoms with Gasteiger partial charge in [-0.15, -0.1) is 0 Å². The Kier molecular flexibility index (Phi) is 6.42. The van der Waals surface area contributed by atoms with Crippen LogP contribution in [0, 0.1) is 17.6 Å². The van der Waals surface area contributed by atoms with Crippen molar-refractivity contribution in [2.24, 2.45) is 5.92 Å². The SMILES string of the molecule is CC(C)CCCNC(=O)N(C)Cc1ccc(F)cc1F. The van der Waals surface area contributed by atoms with Crippen molar-refractivity contribution < 1.29 is 13.6 Å². The first kappa shape index (κ1) is 16.4. The van der Waals surface area contributed by atoms with Crippen molar-refractivity contribution in [2.75, 3.05) is 13.6 Å². The Morgan fingerprint density at radius 3 is 2.65 bits per heavy atom. The van der Waals surface area contributed by atoms with Crippen LogP contribution in [0.1, 0.15) is 32.3 Å². The van der Waals surface area contributed by atoms with Crippen molar-refractivity contribution >= 4 is 6.03 Å². The number of urea groups is 1. The zero-order valence-electron chi connectivity index (χ0n) is 12.2. The number of nitrogens with zero attached hydrogens (tertiary/aromatic N) is 1. The molecule has 1 rings (SSSR count). The van der Waals surface area contributed by atoms with E-state index in [1.165, 1.54) is 17.0 Å². The van der Waals surface area contributed by atoms with Crippen molar-refractivity contribution in [1.29, 1.82) is 0 Å². The first-order chi connectivity index (χ1) is 9.40. The molecule has 0 radical (unpaired) electrons. The number of hydrogen-bond donors (Lipinski definition) is 1. The second-order valence-corrected chi connectivity index (χ2v) is 5.36. The van der Waals surface area contributed by atoms with Crippen molar-refractivity contribution in [3.8, 4) is 0 Å². The van der Waals surface area contributed by atoms with Crippen molar-refractivity contribution in [1.82, 2.24) is 10.2 Å². The molecule has 0 unspecified atom stereocenters. The van der Waals surface area contributed by atoms with Crippen molar-refractivity contribution in [3.63, 3.8) is 0 Å². The molecule has 0 aliphatic heterocycles. The van der Waals surface area contributed by atoms with Crippen LogP contribution >= 0.6 is 0 Å². The molecule has 0 aliphatic rings. The van der Waals surface area contributed by atoms with E-state index in [1.807, 2.05) is 0 Å². The molecule has 2 amide bonds. The number of benzene rings is 1. The summed E-state index contributed by atoms with van der Waals surface area (Å²) in [4.78, 5) is 13.2. The third kappa shape index (κ3) is 5.55. The van der Waals surface area contributed by atoms with E-state index in [2.05, 4.69) is 19.2 Å². The molecule has 1 N–H and O–H groups in total. The first-order valence-electron chi connectivity index (χ1n) is 6.83. The second-order valence-electron chi connectivity index (χ2n) is 5.36. The Bertz CT molecular complexity index is 449. The molecule has 1 aromatic rings. The third-order valence-electron chi connectivity index (χ3n) is 3.00. The lowest BCUT2D eigenvalue weighted by Crippen LogP contribution is -2.37. The molecule has 0 aromatic heterocycles. The summed E-state index contributed by atoms with van der Waals surface area (Å²) in [7, 11) is 1.58. The number of rotatable bonds is 6. The highest BCUT2D eigenvalue weighted by atomic mass is 19.1. The molecular weight excluding hydrogens is 262 g/mol. The minimum atomic E-state index is -0.635. The number of nitrogens with one attached hydrogen (secondary N) is 1. The van der Waals surface area contributed by atoms with Gasteiger partial charge in [0.1, 0.15) is 11.6 Å². The monoisotopic (exact) mass is 284 g/mol. The second kappa shape index (κ2) is 7.82. The van der Waals surface area contributed by atoms with Gasteiger partial charge in [0, 0.05) is 31.8 Å². The summed E-state index contributed by atoms with van der Waals surface area (Å²) >= 11 is 0. The Morgan fingerprint density at radius 2 is 2.05 bits per heavy atom. The van der Waals surface area contributed by atoms with Gasteiger partial charge in [-0.3, -0.25) is 0 Å². The van der Waals surface area contributed by atoms with Gasteiger partial charge in [-0.1, -0.05) is 19.9 Å². The Hall–Kier alpha value is -1.65. The zero-order chi connectivity index (χ0) is 15.1. The number of amides is 2. The van der Waals surface area contributed by atoms with Crippen LogP contribution in [0.3, 0.4) is 0 Å². The fourth-order valence-corrected chi connectivity index (χ4v) is 1.82. The minimum Gasteiger partial charge on any atom is -0.338 e. The molecule has 3 nitrogen and oxygen atoms in total. The molecule has 0 heterocycles. The summed E-state index contributed by atoms with van der Waals surface area (Å²) in [5.41, 5.74) is 0.297. The van der Waals surface area contributed by atoms with E-state index in [4.69, 9.17) is 0 Å². The van der Waals surface area contributed by atoms with Crippen LogP contribution in [0.2, 0.25) is 0 Å².